The molecule has 2 aromatic carbocycles. The van der Waals surface area contributed by atoms with Crippen LogP contribution in [0.1, 0.15) is 24.0 Å². The molecule has 0 aliphatic heterocycles. The van der Waals surface area contributed by atoms with Crippen molar-refractivity contribution >= 4 is 0 Å². The molecular weight excluding hydrogens is 833 g/mol. The van der Waals surface area contributed by atoms with E-state index in [9.17, 15) is 0 Å². The van der Waals surface area contributed by atoms with Crippen LogP contribution in [0.15, 0.2) is 60.7 Å². The normalized spacial score (nSPS) is 12.6. The van der Waals surface area contributed by atoms with Gasteiger partial charge in [0.25, 0.3) is 0 Å². The highest BCUT2D eigenvalue weighted by Gasteiger charge is 2.23. The van der Waals surface area contributed by atoms with Gasteiger partial charge in [0.15, 0.2) is 0 Å². The largest absolute Gasteiger partial charge is 0.394 e. The summed E-state index contributed by atoms with van der Waals surface area (Å²) >= 11 is 0. The Labute approximate surface area is 383 Å². The van der Waals surface area contributed by atoms with Gasteiger partial charge < -0.3 is 76.5 Å². The van der Waals surface area contributed by atoms with E-state index in [-0.39, 0.29) is 13.2 Å². The zero-order valence-electron chi connectivity index (χ0n) is 38.6. The van der Waals surface area contributed by atoms with Crippen molar-refractivity contribution in [2.45, 2.75) is 25.7 Å². The quantitative estimate of drug-likeness (QED) is 0.0921. The second kappa shape index (κ2) is 47.3. The van der Waals surface area contributed by atoms with Gasteiger partial charge >= 0.3 is 0 Å². The number of hydrogen-bond acceptors (Lipinski definition) is 16. The summed E-state index contributed by atoms with van der Waals surface area (Å²) in [6.07, 6.45) is 3.90. The first-order valence-electron chi connectivity index (χ1n) is 23.2. The first-order valence-corrected chi connectivity index (χ1v) is 23.2. The molecule has 0 aromatic heterocycles. The van der Waals surface area contributed by atoms with Crippen LogP contribution in [-0.4, -0.2) is 208 Å². The summed E-state index contributed by atoms with van der Waals surface area (Å²) in [5, 5.41) is 17.3. The molecule has 0 saturated carbocycles. The topological polar surface area (TPSA) is 170 Å². The van der Waals surface area contributed by atoms with Crippen molar-refractivity contribution in [2.24, 2.45) is 11.8 Å². The van der Waals surface area contributed by atoms with E-state index < -0.39 is 0 Å². The van der Waals surface area contributed by atoms with Crippen molar-refractivity contribution in [3.63, 3.8) is 0 Å². The molecule has 370 valence electrons. The highest BCUT2D eigenvalue weighted by Crippen LogP contribution is 2.27. The van der Waals surface area contributed by atoms with Crippen molar-refractivity contribution in [3.05, 3.63) is 71.8 Å². The van der Waals surface area contributed by atoms with E-state index in [0.717, 1.165) is 25.7 Å². The monoisotopic (exact) mass is 915 g/mol. The van der Waals surface area contributed by atoms with Crippen LogP contribution < -0.4 is 0 Å². The minimum Gasteiger partial charge on any atom is -0.394 e. The number of rotatable bonds is 51. The van der Waals surface area contributed by atoms with E-state index in [1.165, 1.54) is 11.1 Å². The van der Waals surface area contributed by atoms with E-state index in [4.69, 9.17) is 76.5 Å². The molecule has 0 aliphatic carbocycles. The molecule has 0 fully saturated rings. The van der Waals surface area contributed by atoms with Gasteiger partial charge in [-0.1, -0.05) is 60.7 Å². The standard InChI is InChI=1S/C48H82O16/c49-13-16-52-19-22-55-25-28-58-31-34-60-33-30-57-27-24-54-21-18-51-15-7-12-47(42-45-8-3-1-4-9-45)48(43-46-10-5-2-6-11-46)44-64-41-40-63-39-38-62-37-36-61-35-32-59-29-26-56-23-20-53-17-14-50/h1-6,8-11,47-50H,7,12-44H2/t47-,48+/m0/s1. The molecule has 0 aliphatic rings. The molecule has 2 atom stereocenters. The Kier molecular flexibility index (Phi) is 42.8. The van der Waals surface area contributed by atoms with Crippen LogP contribution in [0, 0.1) is 11.8 Å². The molecule has 0 spiro atoms. The highest BCUT2D eigenvalue weighted by atomic mass is 16.6. The lowest BCUT2D eigenvalue weighted by molar-refractivity contribution is -0.0238. The fourth-order valence-electron chi connectivity index (χ4n) is 6.25. The number of aliphatic hydroxyl groups excluding tert-OH is 2. The van der Waals surface area contributed by atoms with Crippen LogP contribution in [0.25, 0.3) is 0 Å². The maximum absolute atomic E-state index is 8.66. The summed E-state index contributed by atoms with van der Waals surface area (Å²) < 4.78 is 78.0. The second-order valence-corrected chi connectivity index (χ2v) is 14.5. The zero-order chi connectivity index (χ0) is 45.3. The molecule has 0 saturated heterocycles. The van der Waals surface area contributed by atoms with Crippen molar-refractivity contribution in [1.82, 2.24) is 0 Å². The smallest absolute Gasteiger partial charge is 0.0701 e. The van der Waals surface area contributed by atoms with E-state index in [2.05, 4.69) is 60.7 Å². The molecule has 64 heavy (non-hydrogen) atoms. The van der Waals surface area contributed by atoms with Crippen LogP contribution >= 0.6 is 0 Å². The Balaban J connectivity index is 1.53. The minimum atomic E-state index is 0.0194. The molecule has 2 N–H and O–H groups in total. The third-order valence-electron chi connectivity index (χ3n) is 9.48. The van der Waals surface area contributed by atoms with Gasteiger partial charge in [0, 0.05) is 6.61 Å². The summed E-state index contributed by atoms with van der Waals surface area (Å²) in [6.45, 7) is 14.0. The van der Waals surface area contributed by atoms with Crippen LogP contribution in [-0.2, 0) is 79.2 Å². The molecule has 16 nitrogen and oxygen atoms in total. The molecule has 0 radical (unpaired) electrons. The number of ether oxygens (including phenoxy) is 14. The minimum absolute atomic E-state index is 0.0194. The summed E-state index contributed by atoms with van der Waals surface area (Å²) in [5.41, 5.74) is 2.65. The van der Waals surface area contributed by atoms with Crippen molar-refractivity contribution in [3.8, 4) is 0 Å². The summed E-state index contributed by atoms with van der Waals surface area (Å²) in [5.74, 6) is 0.741. The average Bonchev–Trinajstić information content (AvgIpc) is 3.32. The fraction of sp³-hybridized carbons (Fsp3) is 0.750. The van der Waals surface area contributed by atoms with Gasteiger partial charge in [-0.2, -0.15) is 0 Å². The Morgan fingerprint density at radius 2 is 0.531 bits per heavy atom. The maximum Gasteiger partial charge on any atom is 0.0701 e. The van der Waals surface area contributed by atoms with Crippen molar-refractivity contribution in [1.29, 1.82) is 0 Å². The number of hydrogen-bond donors (Lipinski definition) is 2. The SMILES string of the molecule is OCCOCCOCCOCCOCCOCCOCCOCCC[C@@H](Cc1ccccc1)[C@@H](COCCOCCOCCOCCOCCOCCOCCO)Cc1ccccc1. The molecule has 16 heteroatoms. The lowest BCUT2D eigenvalue weighted by Crippen LogP contribution is -2.26. The second-order valence-electron chi connectivity index (χ2n) is 14.5. The molecule has 2 rings (SSSR count). The van der Waals surface area contributed by atoms with Gasteiger partial charge in [0.2, 0.25) is 0 Å². The molecule has 2 aromatic rings. The Bertz CT molecular complexity index is 1190. The van der Waals surface area contributed by atoms with Crippen LogP contribution in [0.2, 0.25) is 0 Å². The predicted octanol–water partition coefficient (Wildman–Crippen LogP) is 3.70. The predicted molar refractivity (Wildman–Crippen MR) is 242 cm³/mol. The number of benzene rings is 2. The van der Waals surface area contributed by atoms with Gasteiger partial charge in [0.05, 0.1) is 192 Å². The first-order chi connectivity index (χ1) is 31.8. The van der Waals surface area contributed by atoms with E-state index in [1.54, 1.807) is 0 Å². The van der Waals surface area contributed by atoms with Gasteiger partial charge in [-0.05, 0) is 48.6 Å². The van der Waals surface area contributed by atoms with Crippen LogP contribution in [0.4, 0.5) is 0 Å². The first kappa shape index (κ1) is 57.9. The van der Waals surface area contributed by atoms with Gasteiger partial charge in [-0.15, -0.1) is 0 Å². The van der Waals surface area contributed by atoms with Crippen molar-refractivity contribution in [2.75, 3.05) is 198 Å². The zero-order valence-corrected chi connectivity index (χ0v) is 38.6. The molecule has 0 unspecified atom stereocenters. The average molecular weight is 915 g/mol. The summed E-state index contributed by atoms with van der Waals surface area (Å²) in [7, 11) is 0. The Morgan fingerprint density at radius 1 is 0.281 bits per heavy atom. The van der Waals surface area contributed by atoms with Gasteiger partial charge in [-0.3, -0.25) is 0 Å². The van der Waals surface area contributed by atoms with Gasteiger partial charge in [-0.25, -0.2) is 0 Å². The van der Waals surface area contributed by atoms with E-state index in [0.29, 0.717) is 197 Å². The summed E-state index contributed by atoms with van der Waals surface area (Å²) in [4.78, 5) is 0. The fourth-order valence-corrected chi connectivity index (χ4v) is 6.25. The summed E-state index contributed by atoms with van der Waals surface area (Å²) in [6, 6.07) is 21.4. The van der Waals surface area contributed by atoms with E-state index in [1.807, 2.05) is 0 Å². The third kappa shape index (κ3) is 38.0. The molecule has 0 bridgehead atoms. The van der Waals surface area contributed by atoms with Crippen LogP contribution in [0.3, 0.4) is 0 Å². The Morgan fingerprint density at radius 3 is 0.828 bits per heavy atom. The Hall–Kier alpha value is -2.20. The van der Waals surface area contributed by atoms with E-state index >= 15 is 0 Å². The van der Waals surface area contributed by atoms with Gasteiger partial charge in [0.1, 0.15) is 0 Å². The van der Waals surface area contributed by atoms with Crippen molar-refractivity contribution < 1.29 is 76.5 Å². The third-order valence-corrected chi connectivity index (χ3v) is 9.48. The highest BCUT2D eigenvalue weighted by molar-refractivity contribution is 5.17. The molecular formula is C48H82O16. The lowest BCUT2D eigenvalue weighted by atomic mass is 9.80. The lowest BCUT2D eigenvalue weighted by Gasteiger charge is -2.28. The number of aliphatic hydroxyl groups is 2. The van der Waals surface area contributed by atoms with Crippen LogP contribution in [0.5, 0.6) is 0 Å². The maximum atomic E-state index is 8.66. The molecule has 0 amide bonds. The molecule has 0 heterocycles.